The summed E-state index contributed by atoms with van der Waals surface area (Å²) in [7, 11) is 0. The van der Waals surface area contributed by atoms with Crippen molar-refractivity contribution in [2.45, 2.75) is 19.4 Å². The Hall–Kier alpha value is -1.76. The third-order valence-corrected chi connectivity index (χ3v) is 6.70. The summed E-state index contributed by atoms with van der Waals surface area (Å²) in [5.74, 6) is 0.299. The van der Waals surface area contributed by atoms with Crippen LogP contribution in [0.15, 0.2) is 41.8 Å². The van der Waals surface area contributed by atoms with Gasteiger partial charge in [0.25, 0.3) is 0 Å². The summed E-state index contributed by atoms with van der Waals surface area (Å²) in [5, 5.41) is 3.28. The Morgan fingerprint density at radius 3 is 2.76 bits per heavy atom. The van der Waals surface area contributed by atoms with Crippen LogP contribution in [0.4, 0.5) is 0 Å². The minimum absolute atomic E-state index is 0.299. The molecule has 1 saturated heterocycles. The molecule has 0 bridgehead atoms. The monoisotopic (exact) mass is 372 g/mol. The molecule has 6 heteroatoms. The van der Waals surface area contributed by atoms with Crippen molar-refractivity contribution >= 4 is 38.8 Å². The molecule has 1 amide bonds. The maximum absolute atomic E-state index is 12.4. The third-order valence-electron chi connectivity index (χ3n) is 4.73. The van der Waals surface area contributed by atoms with Crippen molar-refractivity contribution in [1.82, 2.24) is 9.88 Å². The number of rotatable bonds is 5. The van der Waals surface area contributed by atoms with Crippen molar-refractivity contribution in [3.63, 3.8) is 0 Å². The molecule has 4 nitrogen and oxygen atoms in total. The molecule has 25 heavy (non-hydrogen) atoms. The van der Waals surface area contributed by atoms with Crippen LogP contribution in [0.2, 0.25) is 0 Å². The zero-order chi connectivity index (χ0) is 17.1. The van der Waals surface area contributed by atoms with Gasteiger partial charge in [-0.3, -0.25) is 4.79 Å². The second kappa shape index (κ2) is 7.64. The number of carbonyl (C=O) groups is 1. The normalized spacial score (nSPS) is 15.8. The van der Waals surface area contributed by atoms with Crippen molar-refractivity contribution in [2.75, 3.05) is 26.2 Å². The molecular weight excluding hydrogens is 350 g/mol. The molecule has 0 unspecified atom stereocenters. The van der Waals surface area contributed by atoms with Crippen LogP contribution < -0.4 is 4.90 Å². The molecule has 4 rings (SSSR count). The van der Waals surface area contributed by atoms with Crippen LogP contribution >= 0.6 is 22.7 Å². The number of benzene rings is 1. The molecular formula is C19H22N3OS2+. The number of fused-ring (bicyclic) bond motifs is 1. The Labute approximate surface area is 155 Å². The van der Waals surface area contributed by atoms with E-state index in [1.165, 1.54) is 19.5 Å². The smallest absolute Gasteiger partial charge is 0.223 e. The van der Waals surface area contributed by atoms with E-state index in [9.17, 15) is 4.79 Å². The molecule has 0 spiro atoms. The van der Waals surface area contributed by atoms with E-state index in [0.717, 1.165) is 44.7 Å². The summed E-state index contributed by atoms with van der Waals surface area (Å²) in [5.41, 5.74) is 1.10. The Bertz CT molecular complexity index is 802. The first-order valence-corrected chi connectivity index (χ1v) is 10.5. The lowest BCUT2D eigenvalue weighted by Gasteiger charge is -2.31. The van der Waals surface area contributed by atoms with Crippen molar-refractivity contribution in [3.8, 4) is 0 Å². The zero-order valence-corrected chi connectivity index (χ0v) is 15.7. The first kappa shape index (κ1) is 16.7. The number of para-hydroxylation sites is 1. The fraction of sp³-hybridized carbons (Fsp3) is 0.368. The van der Waals surface area contributed by atoms with E-state index < -0.39 is 0 Å². The van der Waals surface area contributed by atoms with Crippen LogP contribution in [0.25, 0.3) is 10.2 Å². The van der Waals surface area contributed by atoms with Gasteiger partial charge in [0.05, 0.1) is 36.4 Å². The second-order valence-electron chi connectivity index (χ2n) is 6.46. The number of nitrogens with one attached hydrogen (secondary N) is 1. The molecule has 1 aromatic carbocycles. The topological polar surface area (TPSA) is 37.6 Å². The number of thiazole rings is 1. The number of carbonyl (C=O) groups excluding carboxylic acids is 1. The highest BCUT2D eigenvalue weighted by Crippen LogP contribution is 2.20. The highest BCUT2D eigenvalue weighted by Gasteiger charge is 2.24. The molecule has 0 radical (unpaired) electrons. The van der Waals surface area contributed by atoms with Crippen molar-refractivity contribution in [1.29, 1.82) is 0 Å². The quantitative estimate of drug-likeness (QED) is 0.746. The molecule has 130 valence electrons. The number of hydrogen-bond acceptors (Lipinski definition) is 4. The standard InChI is InChI=1S/C19H21N3OS2/c23-19(8-7-15-4-3-13-24-15)22-11-9-21(10-12-22)14-18-20-16-5-1-2-6-17(16)25-18/h1-6,13H,7-12,14H2/p+1. The molecule has 3 aromatic rings. The molecule has 0 saturated carbocycles. The highest BCUT2D eigenvalue weighted by molar-refractivity contribution is 7.18. The zero-order valence-electron chi connectivity index (χ0n) is 14.1. The molecule has 0 aliphatic carbocycles. The number of quaternary nitrogens is 1. The van der Waals surface area contributed by atoms with Gasteiger partial charge in [-0.2, -0.15) is 0 Å². The lowest BCUT2D eigenvalue weighted by molar-refractivity contribution is -0.917. The maximum atomic E-state index is 12.4. The van der Waals surface area contributed by atoms with Gasteiger partial charge in [0.2, 0.25) is 5.91 Å². The Balaban J connectivity index is 1.27. The summed E-state index contributed by atoms with van der Waals surface area (Å²) >= 11 is 3.53. The lowest BCUT2D eigenvalue weighted by atomic mass is 10.2. The fourth-order valence-corrected chi connectivity index (χ4v) is 5.05. The third kappa shape index (κ3) is 4.08. The van der Waals surface area contributed by atoms with Crippen molar-refractivity contribution in [2.24, 2.45) is 0 Å². The number of aryl methyl sites for hydroxylation is 1. The van der Waals surface area contributed by atoms with E-state index in [1.54, 1.807) is 22.7 Å². The first-order valence-electron chi connectivity index (χ1n) is 8.76. The number of amides is 1. The van der Waals surface area contributed by atoms with E-state index >= 15 is 0 Å². The summed E-state index contributed by atoms with van der Waals surface area (Å²) in [6.07, 6.45) is 1.50. The Kier molecular flexibility index (Phi) is 5.10. The van der Waals surface area contributed by atoms with Gasteiger partial charge in [0, 0.05) is 11.3 Å². The van der Waals surface area contributed by atoms with E-state index in [0.29, 0.717) is 12.3 Å². The number of hydrogen-bond donors (Lipinski definition) is 1. The first-order chi connectivity index (χ1) is 12.3. The minimum atomic E-state index is 0.299. The average molecular weight is 373 g/mol. The maximum Gasteiger partial charge on any atom is 0.223 e. The summed E-state index contributed by atoms with van der Waals surface area (Å²) in [4.78, 5) is 22.0. The molecule has 1 N–H and O–H groups in total. The number of thiophene rings is 1. The van der Waals surface area contributed by atoms with Gasteiger partial charge in [-0.05, 0) is 30.0 Å². The molecule has 1 aliphatic rings. The van der Waals surface area contributed by atoms with Crippen LogP contribution in [0.1, 0.15) is 16.3 Å². The summed E-state index contributed by atoms with van der Waals surface area (Å²) in [6, 6.07) is 12.5. The van der Waals surface area contributed by atoms with Gasteiger partial charge in [0.1, 0.15) is 11.6 Å². The van der Waals surface area contributed by atoms with E-state index in [1.807, 2.05) is 11.0 Å². The van der Waals surface area contributed by atoms with Gasteiger partial charge in [-0.15, -0.1) is 22.7 Å². The van der Waals surface area contributed by atoms with Gasteiger partial charge in [-0.25, -0.2) is 4.98 Å². The van der Waals surface area contributed by atoms with E-state index in [-0.39, 0.29) is 0 Å². The van der Waals surface area contributed by atoms with Crippen LogP contribution in [-0.4, -0.2) is 42.0 Å². The number of piperazine rings is 1. The van der Waals surface area contributed by atoms with Crippen molar-refractivity contribution < 1.29 is 9.69 Å². The predicted octanol–water partition coefficient (Wildman–Crippen LogP) is 2.22. The van der Waals surface area contributed by atoms with Crippen molar-refractivity contribution in [3.05, 3.63) is 51.7 Å². The highest BCUT2D eigenvalue weighted by atomic mass is 32.1. The van der Waals surface area contributed by atoms with Crippen LogP contribution in [-0.2, 0) is 17.8 Å². The van der Waals surface area contributed by atoms with Crippen LogP contribution in [0.5, 0.6) is 0 Å². The fourth-order valence-electron chi connectivity index (χ4n) is 3.30. The summed E-state index contributed by atoms with van der Waals surface area (Å²) in [6.45, 7) is 4.73. The number of aromatic nitrogens is 1. The van der Waals surface area contributed by atoms with Gasteiger partial charge >= 0.3 is 0 Å². The lowest BCUT2D eigenvalue weighted by Crippen LogP contribution is -3.13. The SMILES string of the molecule is O=C(CCc1cccs1)N1CC[NH+](Cc2nc3ccccc3s2)CC1. The van der Waals surface area contributed by atoms with Gasteiger partial charge in [0.15, 0.2) is 0 Å². The predicted molar refractivity (Wildman–Crippen MR) is 103 cm³/mol. The largest absolute Gasteiger partial charge is 0.331 e. The van der Waals surface area contributed by atoms with Crippen LogP contribution in [0.3, 0.4) is 0 Å². The van der Waals surface area contributed by atoms with Gasteiger partial charge in [-0.1, -0.05) is 18.2 Å². The molecule has 0 atom stereocenters. The van der Waals surface area contributed by atoms with Crippen LogP contribution in [0, 0.1) is 0 Å². The average Bonchev–Trinajstić information content (AvgIpc) is 3.29. The Morgan fingerprint density at radius 2 is 2.00 bits per heavy atom. The molecule has 1 fully saturated rings. The minimum Gasteiger partial charge on any atom is -0.331 e. The Morgan fingerprint density at radius 1 is 1.16 bits per heavy atom. The summed E-state index contributed by atoms with van der Waals surface area (Å²) < 4.78 is 1.26. The number of nitrogens with zero attached hydrogens (tertiary/aromatic N) is 2. The molecule has 1 aliphatic heterocycles. The molecule has 3 heterocycles. The second-order valence-corrected chi connectivity index (χ2v) is 8.61. The molecule has 2 aromatic heterocycles. The van der Waals surface area contributed by atoms with Gasteiger partial charge < -0.3 is 9.80 Å². The van der Waals surface area contributed by atoms with E-state index in [4.69, 9.17) is 4.98 Å². The van der Waals surface area contributed by atoms with E-state index in [2.05, 4.69) is 35.7 Å².